The van der Waals surface area contributed by atoms with Crippen LogP contribution in [0.15, 0.2) is 50.9 Å². The smallest absolute Gasteiger partial charge is 0.303 e. The maximum Gasteiger partial charge on any atom is 0.303 e. The summed E-state index contributed by atoms with van der Waals surface area (Å²) in [4.78, 5) is 28.9. The molecule has 0 aliphatic heterocycles. The summed E-state index contributed by atoms with van der Waals surface area (Å²) in [6.07, 6.45) is 1.79. The average molecular weight is 417 g/mol. The lowest BCUT2D eigenvalue weighted by atomic mass is 10.0. The number of aromatic nitrogens is 2. The first-order valence-corrected chi connectivity index (χ1v) is 10.7. The van der Waals surface area contributed by atoms with Gasteiger partial charge in [-0.1, -0.05) is 6.07 Å². The van der Waals surface area contributed by atoms with Gasteiger partial charge in [0.25, 0.3) is 15.6 Å². The number of hydrogen-bond donors (Lipinski definition) is 4. The first-order chi connectivity index (χ1) is 13.3. The van der Waals surface area contributed by atoms with Gasteiger partial charge in [-0.05, 0) is 41.6 Å². The maximum absolute atomic E-state index is 12.5. The van der Waals surface area contributed by atoms with Crippen LogP contribution < -0.4 is 10.3 Å². The topological polar surface area (TPSA) is 132 Å². The SMILES string of the molecule is O=C(O)CCc1c[nH]c2c(=O)[nH]c3ccc(NS(=O)(=O)c4cccs4)cc3c12. The Labute approximate surface area is 162 Å². The highest BCUT2D eigenvalue weighted by Gasteiger charge is 2.17. The molecular formula is C18H15N3O5S2. The minimum atomic E-state index is -3.71. The molecule has 4 N–H and O–H groups in total. The monoisotopic (exact) mass is 417 g/mol. The van der Waals surface area contributed by atoms with E-state index in [1.165, 1.54) is 6.07 Å². The fourth-order valence-corrected chi connectivity index (χ4v) is 5.16. The average Bonchev–Trinajstić information content (AvgIpc) is 3.31. The van der Waals surface area contributed by atoms with Crippen molar-refractivity contribution in [2.75, 3.05) is 4.72 Å². The largest absolute Gasteiger partial charge is 0.481 e. The quantitative estimate of drug-likeness (QED) is 0.383. The molecule has 0 atom stereocenters. The van der Waals surface area contributed by atoms with Crippen molar-refractivity contribution in [1.29, 1.82) is 0 Å². The minimum absolute atomic E-state index is 0.0774. The Morgan fingerprint density at radius 2 is 2.07 bits per heavy atom. The maximum atomic E-state index is 12.5. The summed E-state index contributed by atoms with van der Waals surface area (Å²) in [5.41, 5.74) is 1.57. The molecule has 0 amide bonds. The van der Waals surface area contributed by atoms with Crippen molar-refractivity contribution in [2.24, 2.45) is 0 Å². The number of pyridine rings is 1. The second kappa shape index (κ2) is 6.80. The van der Waals surface area contributed by atoms with Crippen LogP contribution in [0.25, 0.3) is 21.8 Å². The van der Waals surface area contributed by atoms with E-state index < -0.39 is 16.0 Å². The molecule has 0 fully saturated rings. The number of nitrogens with one attached hydrogen (secondary N) is 3. The predicted molar refractivity (Wildman–Crippen MR) is 108 cm³/mol. The first-order valence-electron chi connectivity index (χ1n) is 8.29. The second-order valence-electron chi connectivity index (χ2n) is 6.21. The lowest BCUT2D eigenvalue weighted by Crippen LogP contribution is -2.12. The van der Waals surface area contributed by atoms with Crippen molar-refractivity contribution in [3.8, 4) is 0 Å². The van der Waals surface area contributed by atoms with Crippen molar-refractivity contribution >= 4 is 54.8 Å². The van der Waals surface area contributed by atoms with E-state index in [0.717, 1.165) is 11.3 Å². The molecule has 0 saturated heterocycles. The number of aliphatic carboxylic acids is 1. The summed E-state index contributed by atoms with van der Waals surface area (Å²) >= 11 is 1.11. The molecule has 0 bridgehead atoms. The Kier molecular flexibility index (Phi) is 4.44. The van der Waals surface area contributed by atoms with Crippen molar-refractivity contribution in [2.45, 2.75) is 17.1 Å². The fourth-order valence-electron chi connectivity index (χ4n) is 3.12. The molecule has 0 aliphatic rings. The normalized spacial score (nSPS) is 11.9. The standard InChI is InChI=1S/C18H15N3O5S2/c22-14(23)6-3-10-9-19-17-16(10)12-8-11(4-5-13(12)20-18(17)24)21-28(25,26)15-2-1-7-27-15/h1-2,4-5,7-9,19,21H,3,6H2,(H,20,24)(H,22,23). The highest BCUT2D eigenvalue weighted by atomic mass is 32.2. The summed E-state index contributed by atoms with van der Waals surface area (Å²) < 4.78 is 27.7. The summed E-state index contributed by atoms with van der Waals surface area (Å²) in [5.74, 6) is -0.937. The van der Waals surface area contributed by atoms with E-state index in [0.29, 0.717) is 33.1 Å². The molecule has 144 valence electrons. The van der Waals surface area contributed by atoms with Gasteiger partial charge in [0.1, 0.15) is 9.73 Å². The molecule has 8 nitrogen and oxygen atoms in total. The number of carboxylic acid groups (broad SMARTS) is 1. The van der Waals surface area contributed by atoms with Gasteiger partial charge in [0, 0.05) is 34.6 Å². The molecule has 28 heavy (non-hydrogen) atoms. The molecule has 3 aromatic heterocycles. The molecule has 0 spiro atoms. The Morgan fingerprint density at radius 1 is 1.25 bits per heavy atom. The molecule has 4 aromatic rings. The van der Waals surface area contributed by atoms with Crippen molar-refractivity contribution in [3.63, 3.8) is 0 Å². The summed E-state index contributed by atoms with van der Waals surface area (Å²) in [5, 5.41) is 11.9. The van der Waals surface area contributed by atoms with Gasteiger partial charge >= 0.3 is 5.97 Å². The first kappa shape index (κ1) is 18.3. The highest BCUT2D eigenvalue weighted by Crippen LogP contribution is 2.29. The van der Waals surface area contributed by atoms with Crippen molar-refractivity contribution < 1.29 is 18.3 Å². The lowest BCUT2D eigenvalue weighted by molar-refractivity contribution is -0.136. The van der Waals surface area contributed by atoms with Crippen LogP contribution >= 0.6 is 11.3 Å². The number of anilines is 1. The number of aromatic amines is 2. The van der Waals surface area contributed by atoms with E-state index in [4.69, 9.17) is 5.11 Å². The zero-order chi connectivity index (χ0) is 19.9. The van der Waals surface area contributed by atoms with Crippen molar-refractivity contribution in [3.05, 3.63) is 57.8 Å². The van der Waals surface area contributed by atoms with E-state index in [1.807, 2.05) is 0 Å². The summed E-state index contributed by atoms with van der Waals surface area (Å²) in [6, 6.07) is 7.99. The van der Waals surface area contributed by atoms with E-state index in [-0.39, 0.29) is 22.6 Å². The molecule has 3 heterocycles. The van der Waals surface area contributed by atoms with Crippen LogP contribution in [0.1, 0.15) is 12.0 Å². The Hall–Kier alpha value is -3.11. The second-order valence-corrected chi connectivity index (χ2v) is 9.07. The number of fused-ring (bicyclic) bond motifs is 3. The van der Waals surface area contributed by atoms with Gasteiger partial charge in [0.2, 0.25) is 0 Å². The van der Waals surface area contributed by atoms with Gasteiger partial charge in [-0.3, -0.25) is 14.3 Å². The van der Waals surface area contributed by atoms with Gasteiger partial charge in [-0.2, -0.15) is 0 Å². The summed E-state index contributed by atoms with van der Waals surface area (Å²) in [6.45, 7) is 0. The van der Waals surface area contributed by atoms with Crippen LogP contribution in [0, 0.1) is 0 Å². The minimum Gasteiger partial charge on any atom is -0.481 e. The van der Waals surface area contributed by atoms with E-state index >= 15 is 0 Å². The Morgan fingerprint density at radius 3 is 2.79 bits per heavy atom. The number of carboxylic acids is 1. The Balaban J connectivity index is 1.84. The highest BCUT2D eigenvalue weighted by molar-refractivity contribution is 7.94. The molecule has 10 heteroatoms. The van der Waals surface area contributed by atoms with Crippen LogP contribution in [0.4, 0.5) is 5.69 Å². The third-order valence-electron chi connectivity index (χ3n) is 4.35. The van der Waals surface area contributed by atoms with Gasteiger partial charge < -0.3 is 15.1 Å². The molecule has 0 aliphatic carbocycles. The van der Waals surface area contributed by atoms with E-state index in [9.17, 15) is 18.0 Å². The van der Waals surface area contributed by atoms with Crippen LogP contribution in [-0.4, -0.2) is 29.5 Å². The molecular weight excluding hydrogens is 402 g/mol. The van der Waals surface area contributed by atoms with Crippen LogP contribution in [0.5, 0.6) is 0 Å². The predicted octanol–water partition coefficient (Wildman–Crippen LogP) is 2.89. The number of hydrogen-bond acceptors (Lipinski definition) is 5. The lowest BCUT2D eigenvalue weighted by Gasteiger charge is -2.09. The Bertz CT molecular complexity index is 1350. The summed E-state index contributed by atoms with van der Waals surface area (Å²) in [7, 11) is -3.71. The number of H-pyrrole nitrogens is 2. The van der Waals surface area contributed by atoms with Crippen LogP contribution in [-0.2, 0) is 21.2 Å². The number of thiophene rings is 1. The van der Waals surface area contributed by atoms with Gasteiger partial charge in [-0.25, -0.2) is 8.42 Å². The number of aryl methyl sites for hydroxylation is 1. The van der Waals surface area contributed by atoms with E-state index in [1.54, 1.807) is 35.8 Å². The molecule has 0 radical (unpaired) electrons. The fraction of sp³-hybridized carbons (Fsp3) is 0.111. The zero-order valence-corrected chi connectivity index (χ0v) is 16.0. The van der Waals surface area contributed by atoms with Crippen LogP contribution in [0.2, 0.25) is 0 Å². The molecule has 0 unspecified atom stereocenters. The van der Waals surface area contributed by atoms with Gasteiger partial charge in [0.15, 0.2) is 0 Å². The van der Waals surface area contributed by atoms with Crippen LogP contribution in [0.3, 0.4) is 0 Å². The molecule has 4 rings (SSSR count). The number of sulfonamides is 1. The van der Waals surface area contributed by atoms with E-state index in [2.05, 4.69) is 14.7 Å². The third-order valence-corrected chi connectivity index (χ3v) is 7.13. The number of benzene rings is 1. The third kappa shape index (κ3) is 3.27. The van der Waals surface area contributed by atoms with Gasteiger partial charge in [0.05, 0.1) is 0 Å². The molecule has 0 saturated carbocycles. The number of rotatable bonds is 6. The molecule has 1 aromatic carbocycles. The van der Waals surface area contributed by atoms with Crippen molar-refractivity contribution in [1.82, 2.24) is 9.97 Å². The van der Waals surface area contributed by atoms with Gasteiger partial charge in [-0.15, -0.1) is 11.3 Å². The zero-order valence-electron chi connectivity index (χ0n) is 14.4. The number of carbonyl (C=O) groups is 1.